The second-order valence-electron chi connectivity index (χ2n) is 3.98. The molecule has 3 aromatic rings. The van der Waals surface area contributed by atoms with E-state index in [0.29, 0.717) is 4.47 Å². The van der Waals surface area contributed by atoms with Gasteiger partial charge in [-0.1, -0.05) is 0 Å². The zero-order chi connectivity index (χ0) is 15.0. The maximum atomic E-state index is 13.2. The summed E-state index contributed by atoms with van der Waals surface area (Å²) in [4.78, 5) is 10.3. The number of nitrogens with zero attached hydrogens (tertiary/aromatic N) is 3. The summed E-state index contributed by atoms with van der Waals surface area (Å²) >= 11 is 3.22. The first-order valence-electron chi connectivity index (χ1n) is 5.59. The number of non-ortho nitro benzene ring substituents is 1. The predicted molar refractivity (Wildman–Crippen MR) is 72.6 cm³/mol. The van der Waals surface area contributed by atoms with Crippen LogP contribution in [0.25, 0.3) is 11.0 Å². The number of halogens is 2. The van der Waals surface area contributed by atoms with Crippen LogP contribution < -0.4 is 4.74 Å². The molecule has 0 atom stereocenters. The zero-order valence-corrected chi connectivity index (χ0v) is 11.7. The number of benzene rings is 2. The number of rotatable bonds is 3. The molecule has 0 fully saturated rings. The van der Waals surface area contributed by atoms with E-state index < -0.39 is 10.7 Å². The summed E-state index contributed by atoms with van der Waals surface area (Å²) in [6.07, 6.45) is 0. The van der Waals surface area contributed by atoms with Crippen LogP contribution in [-0.2, 0) is 0 Å². The van der Waals surface area contributed by atoms with Crippen LogP contribution in [0.5, 0.6) is 11.5 Å². The van der Waals surface area contributed by atoms with E-state index in [1.165, 1.54) is 30.3 Å². The Morgan fingerprint density at radius 3 is 2.71 bits per heavy atom. The molecule has 0 aliphatic rings. The van der Waals surface area contributed by atoms with Gasteiger partial charge in [-0.3, -0.25) is 10.1 Å². The van der Waals surface area contributed by atoms with Crippen molar-refractivity contribution in [1.82, 2.24) is 10.3 Å². The van der Waals surface area contributed by atoms with Crippen molar-refractivity contribution < 1.29 is 18.7 Å². The van der Waals surface area contributed by atoms with Gasteiger partial charge in [-0.2, -0.15) is 0 Å². The summed E-state index contributed by atoms with van der Waals surface area (Å²) < 4.78 is 23.8. The first-order chi connectivity index (χ1) is 10.1. The van der Waals surface area contributed by atoms with Crippen LogP contribution in [0.3, 0.4) is 0 Å². The average molecular weight is 354 g/mol. The summed E-state index contributed by atoms with van der Waals surface area (Å²) in [5, 5.41) is 18.0. The summed E-state index contributed by atoms with van der Waals surface area (Å²) in [6, 6.07) is 6.48. The fraction of sp³-hybridized carbons (Fsp3) is 0. The highest BCUT2D eigenvalue weighted by Gasteiger charge is 2.21. The monoisotopic (exact) mass is 353 g/mol. The second-order valence-corrected chi connectivity index (χ2v) is 4.83. The topological polar surface area (TPSA) is 91.3 Å². The van der Waals surface area contributed by atoms with Crippen molar-refractivity contribution in [1.29, 1.82) is 0 Å². The lowest BCUT2D eigenvalue weighted by atomic mass is 10.2. The van der Waals surface area contributed by atoms with Crippen molar-refractivity contribution >= 4 is 32.7 Å². The highest BCUT2D eigenvalue weighted by atomic mass is 79.9. The molecule has 1 aromatic heterocycles. The Labute approximate surface area is 124 Å². The Hall–Kier alpha value is -2.55. The van der Waals surface area contributed by atoms with Gasteiger partial charge >= 0.3 is 5.69 Å². The Balaban J connectivity index is 2.10. The fourth-order valence-electron chi connectivity index (χ4n) is 1.73. The van der Waals surface area contributed by atoms with Crippen LogP contribution in [0.1, 0.15) is 0 Å². The van der Waals surface area contributed by atoms with Crippen LogP contribution in [0.4, 0.5) is 10.1 Å². The van der Waals surface area contributed by atoms with Gasteiger partial charge in [-0.05, 0) is 44.4 Å². The predicted octanol–water partition coefficient (Wildman–Crippen LogP) is 3.82. The number of nitro benzene ring substituents is 1. The largest absolute Gasteiger partial charge is 0.454 e. The van der Waals surface area contributed by atoms with Gasteiger partial charge in [0.05, 0.1) is 9.40 Å². The molecule has 9 heteroatoms. The number of hydrogen-bond donors (Lipinski definition) is 0. The van der Waals surface area contributed by atoms with E-state index in [0.717, 1.165) is 0 Å². The summed E-state index contributed by atoms with van der Waals surface area (Å²) in [5.41, 5.74) is -0.206. The van der Waals surface area contributed by atoms with Gasteiger partial charge in [0.15, 0.2) is 11.3 Å². The first kappa shape index (κ1) is 13.4. The van der Waals surface area contributed by atoms with E-state index in [-0.39, 0.29) is 28.2 Å². The molecular weight excluding hydrogens is 349 g/mol. The minimum Gasteiger partial charge on any atom is -0.454 e. The van der Waals surface area contributed by atoms with Crippen molar-refractivity contribution in [2.24, 2.45) is 0 Å². The van der Waals surface area contributed by atoms with Crippen molar-refractivity contribution in [3.8, 4) is 11.5 Å². The molecule has 1 heterocycles. The standard InChI is InChI=1S/C12H5BrFN3O4/c13-7-2-1-6(14)5-10(7)20-9-4-3-8(17(18)19)11-12(9)16-21-15-11/h1-5H. The Morgan fingerprint density at radius 1 is 1.19 bits per heavy atom. The Bertz CT molecular complexity index is 852. The molecule has 21 heavy (non-hydrogen) atoms. The second kappa shape index (κ2) is 5.09. The molecule has 0 unspecified atom stereocenters. The van der Waals surface area contributed by atoms with Gasteiger partial charge in [0.1, 0.15) is 11.6 Å². The molecule has 0 amide bonds. The van der Waals surface area contributed by atoms with Crippen LogP contribution >= 0.6 is 15.9 Å². The molecular formula is C12H5BrFN3O4. The maximum absolute atomic E-state index is 13.2. The van der Waals surface area contributed by atoms with E-state index in [2.05, 4.69) is 30.9 Å². The lowest BCUT2D eigenvalue weighted by Crippen LogP contribution is -1.92. The lowest BCUT2D eigenvalue weighted by molar-refractivity contribution is -0.383. The van der Waals surface area contributed by atoms with Crippen molar-refractivity contribution in [2.45, 2.75) is 0 Å². The molecule has 0 spiro atoms. The van der Waals surface area contributed by atoms with Gasteiger partial charge in [-0.25, -0.2) is 9.02 Å². The van der Waals surface area contributed by atoms with E-state index in [1.807, 2.05) is 0 Å². The first-order valence-corrected chi connectivity index (χ1v) is 6.38. The molecule has 0 radical (unpaired) electrons. The molecule has 2 aromatic carbocycles. The molecule has 3 rings (SSSR count). The minimum absolute atomic E-state index is 0.0370. The minimum atomic E-state index is -0.603. The number of fused-ring (bicyclic) bond motifs is 1. The Morgan fingerprint density at radius 2 is 1.95 bits per heavy atom. The smallest absolute Gasteiger partial charge is 0.301 e. The van der Waals surface area contributed by atoms with Gasteiger partial charge in [0, 0.05) is 12.1 Å². The Kier molecular flexibility index (Phi) is 3.26. The van der Waals surface area contributed by atoms with Crippen LogP contribution in [0, 0.1) is 15.9 Å². The SMILES string of the molecule is O=[N+]([O-])c1ccc(Oc2cc(F)ccc2Br)c2nonc12. The molecule has 0 N–H and O–H groups in total. The highest BCUT2D eigenvalue weighted by molar-refractivity contribution is 9.10. The molecule has 7 nitrogen and oxygen atoms in total. The van der Waals surface area contributed by atoms with Crippen LogP contribution in [0.15, 0.2) is 39.4 Å². The fourth-order valence-corrected chi connectivity index (χ4v) is 2.06. The molecule has 0 saturated heterocycles. The molecule has 106 valence electrons. The van der Waals surface area contributed by atoms with Crippen LogP contribution in [0.2, 0.25) is 0 Å². The van der Waals surface area contributed by atoms with E-state index >= 15 is 0 Å². The third kappa shape index (κ3) is 2.42. The van der Waals surface area contributed by atoms with Gasteiger partial charge < -0.3 is 4.74 Å². The highest BCUT2D eigenvalue weighted by Crippen LogP contribution is 2.36. The zero-order valence-electron chi connectivity index (χ0n) is 10.1. The third-order valence-corrected chi connectivity index (χ3v) is 3.32. The average Bonchev–Trinajstić information content (AvgIpc) is 2.92. The van der Waals surface area contributed by atoms with E-state index in [1.54, 1.807) is 0 Å². The lowest BCUT2D eigenvalue weighted by Gasteiger charge is -2.07. The van der Waals surface area contributed by atoms with Gasteiger partial charge in [-0.15, -0.1) is 0 Å². The van der Waals surface area contributed by atoms with Crippen molar-refractivity contribution in [3.63, 3.8) is 0 Å². The van der Waals surface area contributed by atoms with Crippen LogP contribution in [-0.4, -0.2) is 15.2 Å². The number of ether oxygens (including phenoxy) is 1. The van der Waals surface area contributed by atoms with E-state index in [4.69, 9.17) is 4.74 Å². The molecule has 0 bridgehead atoms. The maximum Gasteiger partial charge on any atom is 0.301 e. The molecule has 0 aliphatic carbocycles. The van der Waals surface area contributed by atoms with E-state index in [9.17, 15) is 14.5 Å². The third-order valence-electron chi connectivity index (χ3n) is 2.67. The quantitative estimate of drug-likeness (QED) is 0.524. The van der Waals surface area contributed by atoms with Crippen molar-refractivity contribution in [3.05, 3.63) is 50.7 Å². The molecule has 0 aliphatic heterocycles. The normalized spacial score (nSPS) is 10.8. The van der Waals surface area contributed by atoms with Gasteiger partial charge in [0.2, 0.25) is 5.52 Å². The summed E-state index contributed by atoms with van der Waals surface area (Å²) in [7, 11) is 0. The summed E-state index contributed by atoms with van der Waals surface area (Å²) in [5.74, 6) is -0.110. The molecule has 0 saturated carbocycles. The number of hydrogen-bond acceptors (Lipinski definition) is 6. The number of nitro groups is 1. The number of aromatic nitrogens is 2. The summed E-state index contributed by atoms with van der Waals surface area (Å²) in [6.45, 7) is 0. The van der Waals surface area contributed by atoms with Crippen molar-refractivity contribution in [2.75, 3.05) is 0 Å². The van der Waals surface area contributed by atoms with Gasteiger partial charge in [0.25, 0.3) is 0 Å².